The third-order valence-electron chi connectivity index (χ3n) is 2.88. The number of carboxylic acid groups (broad SMARTS) is 1. The van der Waals surface area contributed by atoms with E-state index in [4.69, 9.17) is 5.11 Å². The number of halogens is 3. The first-order valence-corrected chi connectivity index (χ1v) is 7.16. The van der Waals surface area contributed by atoms with E-state index in [0.29, 0.717) is 0 Å². The Hall–Kier alpha value is -1.32. The number of carbonyl (C=O) groups is 2. The summed E-state index contributed by atoms with van der Waals surface area (Å²) in [5.41, 5.74) is 0. The highest BCUT2D eigenvalue weighted by Gasteiger charge is 2.43. The second-order valence-corrected chi connectivity index (χ2v) is 6.58. The molecule has 1 atom stereocenters. The monoisotopic (exact) mass is 303 g/mol. The molecule has 0 radical (unpaired) electrons. The largest absolute Gasteiger partial charge is 0.480 e. The molecule has 110 valence electrons. The van der Waals surface area contributed by atoms with Gasteiger partial charge in [0.1, 0.15) is 15.9 Å². The summed E-state index contributed by atoms with van der Waals surface area (Å²) in [7, 11) is -3.26. The van der Waals surface area contributed by atoms with Crippen molar-refractivity contribution in [1.29, 1.82) is 0 Å². The number of alkyl halides is 3. The van der Waals surface area contributed by atoms with Crippen LogP contribution in [0.5, 0.6) is 0 Å². The second-order valence-electron chi connectivity index (χ2n) is 4.28. The number of sulfone groups is 1. The number of carbonyl (C=O) groups excluding carboxylic acids is 1. The molecule has 0 saturated carbocycles. The smallest absolute Gasteiger partial charge is 0.471 e. The Morgan fingerprint density at radius 1 is 1.21 bits per heavy atom. The summed E-state index contributed by atoms with van der Waals surface area (Å²) in [6.45, 7) is 0. The van der Waals surface area contributed by atoms with Crippen molar-refractivity contribution in [3.63, 3.8) is 0 Å². The van der Waals surface area contributed by atoms with Crippen molar-refractivity contribution in [2.75, 3.05) is 11.5 Å². The number of carboxylic acids is 1. The Morgan fingerprint density at radius 3 is 2.05 bits per heavy atom. The lowest BCUT2D eigenvalue weighted by atomic mass is 9.93. The highest BCUT2D eigenvalue weighted by molar-refractivity contribution is 7.91. The maximum Gasteiger partial charge on any atom is 0.471 e. The maximum atomic E-state index is 12.1. The van der Waals surface area contributed by atoms with Gasteiger partial charge in [-0.05, 0) is 18.8 Å². The van der Waals surface area contributed by atoms with Crippen LogP contribution < -0.4 is 5.32 Å². The molecule has 1 rings (SSSR count). The molecule has 1 saturated heterocycles. The fourth-order valence-electron chi connectivity index (χ4n) is 1.85. The predicted octanol–water partition coefficient (Wildman–Crippen LogP) is -0.0571. The quantitative estimate of drug-likeness (QED) is 0.761. The molecule has 1 heterocycles. The van der Waals surface area contributed by atoms with Crippen molar-refractivity contribution in [1.82, 2.24) is 5.32 Å². The summed E-state index contributed by atoms with van der Waals surface area (Å²) < 4.78 is 58.5. The van der Waals surface area contributed by atoms with Crippen molar-refractivity contribution in [3.05, 3.63) is 0 Å². The highest BCUT2D eigenvalue weighted by atomic mass is 32.2. The van der Waals surface area contributed by atoms with Crippen molar-refractivity contribution in [2.24, 2.45) is 5.92 Å². The Bertz CT molecular complexity index is 459. The normalized spacial score (nSPS) is 21.6. The summed E-state index contributed by atoms with van der Waals surface area (Å²) in [5.74, 6) is -5.35. The van der Waals surface area contributed by atoms with Gasteiger partial charge >= 0.3 is 18.1 Å². The number of hydrogen-bond donors (Lipinski definition) is 2. The minimum Gasteiger partial charge on any atom is -0.480 e. The first-order chi connectivity index (χ1) is 8.53. The van der Waals surface area contributed by atoms with Crippen LogP contribution in [0.15, 0.2) is 0 Å². The Labute approximate surface area is 106 Å². The van der Waals surface area contributed by atoms with Gasteiger partial charge in [0, 0.05) is 0 Å². The lowest BCUT2D eigenvalue weighted by molar-refractivity contribution is -0.176. The zero-order valence-corrected chi connectivity index (χ0v) is 10.4. The van der Waals surface area contributed by atoms with Crippen molar-refractivity contribution >= 4 is 21.7 Å². The van der Waals surface area contributed by atoms with Crippen LogP contribution in [0.3, 0.4) is 0 Å². The average Bonchev–Trinajstić information content (AvgIpc) is 2.24. The summed E-state index contributed by atoms with van der Waals surface area (Å²) in [6.07, 6.45) is -5.34. The third-order valence-corrected chi connectivity index (χ3v) is 4.60. The van der Waals surface area contributed by atoms with Crippen LogP contribution in [0.2, 0.25) is 0 Å². The minimum atomic E-state index is -5.17. The number of aliphatic carboxylic acids is 1. The van der Waals surface area contributed by atoms with Gasteiger partial charge in [0.2, 0.25) is 0 Å². The van der Waals surface area contributed by atoms with Crippen LogP contribution in [0.1, 0.15) is 12.8 Å². The van der Waals surface area contributed by atoms with E-state index in [0.717, 1.165) is 0 Å². The molecule has 1 aliphatic rings. The zero-order chi connectivity index (χ0) is 14.8. The number of amides is 1. The minimum absolute atomic E-state index is 0.0859. The van der Waals surface area contributed by atoms with E-state index in [1.165, 1.54) is 5.32 Å². The topological polar surface area (TPSA) is 101 Å². The van der Waals surface area contributed by atoms with E-state index in [2.05, 4.69) is 0 Å². The van der Waals surface area contributed by atoms with Crippen LogP contribution in [-0.2, 0) is 19.4 Å². The number of hydrogen-bond acceptors (Lipinski definition) is 4. The van der Waals surface area contributed by atoms with E-state index in [-0.39, 0.29) is 24.3 Å². The lowest BCUT2D eigenvalue weighted by Crippen LogP contribution is -2.51. The molecule has 0 aromatic rings. The maximum absolute atomic E-state index is 12.1. The Balaban J connectivity index is 2.75. The van der Waals surface area contributed by atoms with Crippen molar-refractivity contribution in [2.45, 2.75) is 25.1 Å². The third kappa shape index (κ3) is 4.37. The molecule has 1 aliphatic heterocycles. The Morgan fingerprint density at radius 2 is 1.68 bits per heavy atom. The van der Waals surface area contributed by atoms with Crippen LogP contribution >= 0.6 is 0 Å². The first kappa shape index (κ1) is 15.7. The standard InChI is InChI=1S/C9H12F3NO5S/c10-9(11,12)8(16)13-6(7(14)15)5-1-3-19(17,18)4-2-5/h5-6H,1-4H2,(H,13,16)(H,14,15). The van der Waals surface area contributed by atoms with Crippen LogP contribution in [0, 0.1) is 5.92 Å². The molecule has 1 amide bonds. The van der Waals surface area contributed by atoms with Gasteiger partial charge in [-0.25, -0.2) is 13.2 Å². The van der Waals surface area contributed by atoms with Gasteiger partial charge in [-0.2, -0.15) is 13.2 Å². The second kappa shape index (κ2) is 5.35. The SMILES string of the molecule is O=C(O)C(NC(=O)C(F)(F)F)C1CCS(=O)(=O)CC1. The molecule has 19 heavy (non-hydrogen) atoms. The van der Waals surface area contributed by atoms with Crippen molar-refractivity contribution < 1.29 is 36.3 Å². The molecule has 10 heteroatoms. The number of nitrogens with one attached hydrogen (secondary N) is 1. The molecule has 1 unspecified atom stereocenters. The zero-order valence-electron chi connectivity index (χ0n) is 9.61. The molecule has 0 bridgehead atoms. The van der Waals surface area contributed by atoms with Crippen LogP contribution in [0.25, 0.3) is 0 Å². The van der Waals surface area contributed by atoms with E-state index in [9.17, 15) is 31.2 Å². The number of rotatable bonds is 3. The van der Waals surface area contributed by atoms with E-state index in [1.54, 1.807) is 0 Å². The molecule has 2 N–H and O–H groups in total. The lowest BCUT2D eigenvalue weighted by Gasteiger charge is -2.28. The summed E-state index contributed by atoms with van der Waals surface area (Å²) in [6, 6.07) is -1.73. The Kier molecular flexibility index (Phi) is 4.43. The molecule has 6 nitrogen and oxygen atoms in total. The summed E-state index contributed by atoms with van der Waals surface area (Å²) in [5, 5.41) is 10.2. The van der Waals surface area contributed by atoms with Gasteiger partial charge in [0.15, 0.2) is 0 Å². The van der Waals surface area contributed by atoms with Gasteiger partial charge in [-0.15, -0.1) is 0 Å². The van der Waals surface area contributed by atoms with E-state index in [1.807, 2.05) is 0 Å². The first-order valence-electron chi connectivity index (χ1n) is 5.34. The highest BCUT2D eigenvalue weighted by Crippen LogP contribution is 2.24. The van der Waals surface area contributed by atoms with E-state index < -0.39 is 39.8 Å². The van der Waals surface area contributed by atoms with Gasteiger partial charge < -0.3 is 10.4 Å². The van der Waals surface area contributed by atoms with E-state index >= 15 is 0 Å². The van der Waals surface area contributed by atoms with Gasteiger partial charge in [-0.3, -0.25) is 4.79 Å². The fourth-order valence-corrected chi connectivity index (χ4v) is 3.37. The molecule has 0 aromatic carbocycles. The average molecular weight is 303 g/mol. The van der Waals surface area contributed by atoms with Crippen LogP contribution in [0.4, 0.5) is 13.2 Å². The van der Waals surface area contributed by atoms with Gasteiger partial charge in [-0.1, -0.05) is 0 Å². The summed E-state index contributed by atoms with van der Waals surface area (Å²) in [4.78, 5) is 21.6. The molecule has 0 aliphatic carbocycles. The van der Waals surface area contributed by atoms with Crippen LogP contribution in [-0.4, -0.2) is 49.1 Å². The van der Waals surface area contributed by atoms with Crippen molar-refractivity contribution in [3.8, 4) is 0 Å². The molecular weight excluding hydrogens is 291 g/mol. The summed E-state index contributed by atoms with van der Waals surface area (Å²) >= 11 is 0. The molecular formula is C9H12F3NO5S. The van der Waals surface area contributed by atoms with Gasteiger partial charge in [0.25, 0.3) is 0 Å². The van der Waals surface area contributed by atoms with Gasteiger partial charge in [0.05, 0.1) is 11.5 Å². The molecule has 1 fully saturated rings. The molecule has 0 spiro atoms. The fraction of sp³-hybridized carbons (Fsp3) is 0.778. The predicted molar refractivity (Wildman–Crippen MR) is 57.0 cm³/mol. The molecule has 0 aromatic heterocycles.